The van der Waals surface area contributed by atoms with Crippen LogP contribution in [-0.4, -0.2) is 0 Å². The molecule has 0 spiro atoms. The zero-order chi connectivity index (χ0) is 23.3. The Morgan fingerprint density at radius 2 is 1.06 bits per heavy atom. The number of hydrogen-bond donors (Lipinski definition) is 0. The summed E-state index contributed by atoms with van der Waals surface area (Å²) in [5, 5.41) is 0. The van der Waals surface area contributed by atoms with Gasteiger partial charge in [-0.3, -0.25) is 0 Å². The Labute approximate surface area is 199 Å². The van der Waals surface area contributed by atoms with Gasteiger partial charge in [0.1, 0.15) is 5.82 Å². The van der Waals surface area contributed by atoms with Gasteiger partial charge in [-0.25, -0.2) is 4.39 Å². The summed E-state index contributed by atoms with van der Waals surface area (Å²) in [7, 11) is 0. The van der Waals surface area contributed by atoms with Crippen LogP contribution >= 0.6 is 0 Å². The van der Waals surface area contributed by atoms with Crippen molar-refractivity contribution in [1.82, 2.24) is 0 Å². The van der Waals surface area contributed by atoms with Gasteiger partial charge in [0.05, 0.1) is 0 Å². The first kappa shape index (κ1) is 24.7. The van der Waals surface area contributed by atoms with Crippen LogP contribution in [0, 0.1) is 5.82 Å². The SMILES string of the molecule is C/C=C/CCc1ccc(-c2ccc(CCCCc3ccc(CC/C=C/C)cc3F)cc2)cc1. The molecule has 0 nitrogen and oxygen atoms in total. The number of aryl methyl sites for hydroxylation is 4. The number of allylic oxidation sites excluding steroid dienone is 4. The predicted octanol–water partition coefficient (Wildman–Crippen LogP) is 9.08. The highest BCUT2D eigenvalue weighted by atomic mass is 19.1. The van der Waals surface area contributed by atoms with E-state index in [2.05, 4.69) is 79.7 Å². The molecular weight excluding hydrogens is 403 g/mol. The number of hydrogen-bond acceptors (Lipinski definition) is 0. The van der Waals surface area contributed by atoms with Gasteiger partial charge < -0.3 is 0 Å². The fourth-order valence-electron chi connectivity index (χ4n) is 4.15. The molecule has 0 aliphatic rings. The molecule has 33 heavy (non-hydrogen) atoms. The average molecular weight is 441 g/mol. The van der Waals surface area contributed by atoms with E-state index in [4.69, 9.17) is 0 Å². The van der Waals surface area contributed by atoms with E-state index in [0.717, 1.165) is 62.5 Å². The molecule has 172 valence electrons. The van der Waals surface area contributed by atoms with Crippen molar-refractivity contribution in [3.63, 3.8) is 0 Å². The summed E-state index contributed by atoms with van der Waals surface area (Å²) in [6.45, 7) is 4.09. The van der Waals surface area contributed by atoms with Gasteiger partial charge in [-0.05, 0) is 105 Å². The molecule has 3 rings (SSSR count). The van der Waals surface area contributed by atoms with E-state index in [1.165, 1.54) is 22.3 Å². The maximum Gasteiger partial charge on any atom is 0.126 e. The van der Waals surface area contributed by atoms with Crippen LogP contribution in [0.4, 0.5) is 4.39 Å². The number of unbranched alkanes of at least 4 members (excludes halogenated alkanes) is 1. The van der Waals surface area contributed by atoms with Crippen LogP contribution in [-0.2, 0) is 25.7 Å². The van der Waals surface area contributed by atoms with Gasteiger partial charge in [0.2, 0.25) is 0 Å². The number of rotatable bonds is 12. The van der Waals surface area contributed by atoms with Crippen LogP contribution in [0.1, 0.15) is 61.8 Å². The van der Waals surface area contributed by atoms with Crippen molar-refractivity contribution in [2.45, 2.75) is 65.2 Å². The molecule has 0 atom stereocenters. The number of benzene rings is 3. The molecule has 0 radical (unpaired) electrons. The van der Waals surface area contributed by atoms with Crippen LogP contribution in [0.25, 0.3) is 11.1 Å². The highest BCUT2D eigenvalue weighted by Crippen LogP contribution is 2.22. The minimum atomic E-state index is -0.0508. The molecule has 0 fully saturated rings. The molecule has 0 saturated heterocycles. The van der Waals surface area contributed by atoms with E-state index in [1.54, 1.807) is 6.07 Å². The molecule has 0 aromatic heterocycles. The van der Waals surface area contributed by atoms with E-state index in [1.807, 2.05) is 19.1 Å². The van der Waals surface area contributed by atoms with Crippen LogP contribution in [0.15, 0.2) is 91.0 Å². The summed E-state index contributed by atoms with van der Waals surface area (Å²) in [6.07, 6.45) is 16.5. The zero-order valence-electron chi connectivity index (χ0n) is 20.2. The molecule has 0 bridgehead atoms. The summed E-state index contributed by atoms with van der Waals surface area (Å²) in [5.74, 6) is -0.0508. The molecular formula is C32H37F. The van der Waals surface area contributed by atoms with Crippen LogP contribution in [0.5, 0.6) is 0 Å². The van der Waals surface area contributed by atoms with Gasteiger partial charge in [0.25, 0.3) is 0 Å². The first-order valence-corrected chi connectivity index (χ1v) is 12.4. The monoisotopic (exact) mass is 440 g/mol. The Balaban J connectivity index is 1.44. The summed E-state index contributed by atoms with van der Waals surface area (Å²) < 4.78 is 14.4. The lowest BCUT2D eigenvalue weighted by Crippen LogP contribution is -1.95. The molecule has 0 saturated carbocycles. The minimum Gasteiger partial charge on any atom is -0.207 e. The normalized spacial score (nSPS) is 11.6. The van der Waals surface area contributed by atoms with Gasteiger partial charge in [-0.2, -0.15) is 0 Å². The molecule has 3 aromatic carbocycles. The quantitative estimate of drug-likeness (QED) is 0.195. The topological polar surface area (TPSA) is 0 Å². The Hall–Kier alpha value is -2.93. The van der Waals surface area contributed by atoms with Crippen molar-refractivity contribution in [2.75, 3.05) is 0 Å². The second kappa shape index (κ2) is 13.6. The lowest BCUT2D eigenvalue weighted by Gasteiger charge is -2.08. The van der Waals surface area contributed by atoms with Gasteiger partial charge in [-0.15, -0.1) is 0 Å². The lowest BCUT2D eigenvalue weighted by molar-refractivity contribution is 0.598. The van der Waals surface area contributed by atoms with E-state index in [-0.39, 0.29) is 5.82 Å². The summed E-state index contributed by atoms with van der Waals surface area (Å²) >= 11 is 0. The summed E-state index contributed by atoms with van der Waals surface area (Å²) in [4.78, 5) is 0. The summed E-state index contributed by atoms with van der Waals surface area (Å²) in [6, 6.07) is 23.6. The fourth-order valence-corrected chi connectivity index (χ4v) is 4.15. The van der Waals surface area contributed by atoms with Gasteiger partial charge in [0.15, 0.2) is 0 Å². The first-order chi connectivity index (χ1) is 16.2. The minimum absolute atomic E-state index is 0.0508. The third-order valence-electron chi connectivity index (χ3n) is 6.19. The van der Waals surface area contributed by atoms with E-state index >= 15 is 0 Å². The Morgan fingerprint density at radius 1 is 0.576 bits per heavy atom. The lowest BCUT2D eigenvalue weighted by atomic mass is 9.98. The van der Waals surface area contributed by atoms with Crippen LogP contribution in [0.2, 0.25) is 0 Å². The van der Waals surface area contributed by atoms with E-state index in [9.17, 15) is 4.39 Å². The van der Waals surface area contributed by atoms with Crippen molar-refractivity contribution in [1.29, 1.82) is 0 Å². The molecule has 0 heterocycles. The molecule has 0 unspecified atom stereocenters. The second-order valence-electron chi connectivity index (χ2n) is 8.74. The van der Waals surface area contributed by atoms with Gasteiger partial charge >= 0.3 is 0 Å². The smallest absolute Gasteiger partial charge is 0.126 e. The molecule has 0 N–H and O–H groups in total. The van der Waals surface area contributed by atoms with Crippen molar-refractivity contribution in [2.24, 2.45) is 0 Å². The highest BCUT2D eigenvalue weighted by molar-refractivity contribution is 5.64. The van der Waals surface area contributed by atoms with Crippen molar-refractivity contribution in [3.05, 3.63) is 119 Å². The Kier molecular flexibility index (Phi) is 10.2. The molecule has 0 aliphatic heterocycles. The average Bonchev–Trinajstić information content (AvgIpc) is 2.84. The third kappa shape index (κ3) is 8.17. The van der Waals surface area contributed by atoms with Crippen molar-refractivity contribution < 1.29 is 4.39 Å². The third-order valence-corrected chi connectivity index (χ3v) is 6.19. The highest BCUT2D eigenvalue weighted by Gasteiger charge is 2.05. The second-order valence-corrected chi connectivity index (χ2v) is 8.74. The Bertz CT molecular complexity index is 1020. The van der Waals surface area contributed by atoms with Gasteiger partial charge in [0, 0.05) is 0 Å². The molecule has 0 aliphatic carbocycles. The molecule has 0 amide bonds. The molecule has 3 aromatic rings. The first-order valence-electron chi connectivity index (χ1n) is 12.4. The van der Waals surface area contributed by atoms with Crippen LogP contribution < -0.4 is 0 Å². The maximum absolute atomic E-state index is 14.4. The van der Waals surface area contributed by atoms with Crippen LogP contribution in [0.3, 0.4) is 0 Å². The van der Waals surface area contributed by atoms with Crippen molar-refractivity contribution in [3.8, 4) is 11.1 Å². The molecule has 1 heteroatoms. The zero-order valence-corrected chi connectivity index (χ0v) is 20.2. The van der Waals surface area contributed by atoms with E-state index in [0.29, 0.717) is 0 Å². The Morgan fingerprint density at radius 3 is 1.61 bits per heavy atom. The summed E-state index contributed by atoms with van der Waals surface area (Å²) in [5.41, 5.74) is 7.18. The predicted molar refractivity (Wildman–Crippen MR) is 141 cm³/mol. The standard InChI is InChI=1S/C32H37F/c1-3-5-7-11-26-15-20-29(21-16-26)30-22-17-27(18-23-30)12-9-10-14-31-24-19-28(25-32(31)33)13-8-6-4-2/h3-6,15-25H,7-14H2,1-2H3/b5-3+,6-4+. The fraction of sp³-hybridized carbons (Fsp3) is 0.312. The number of halogens is 1. The van der Waals surface area contributed by atoms with E-state index < -0.39 is 0 Å². The maximum atomic E-state index is 14.4. The van der Waals surface area contributed by atoms with Crippen molar-refractivity contribution >= 4 is 0 Å². The van der Waals surface area contributed by atoms with Gasteiger partial charge in [-0.1, -0.05) is 85.0 Å². The largest absolute Gasteiger partial charge is 0.207 e.